The van der Waals surface area contributed by atoms with Crippen LogP contribution in [0.25, 0.3) is 6.08 Å². The van der Waals surface area contributed by atoms with Crippen molar-refractivity contribution in [3.63, 3.8) is 0 Å². The predicted octanol–water partition coefficient (Wildman–Crippen LogP) is 2.94. The molecule has 0 unspecified atom stereocenters. The average molecular weight is 392 g/mol. The second-order valence-corrected chi connectivity index (χ2v) is 7.55. The summed E-state index contributed by atoms with van der Waals surface area (Å²) in [6, 6.07) is 15.6. The van der Waals surface area contributed by atoms with Crippen molar-refractivity contribution in [2.45, 2.75) is 25.0 Å². The van der Waals surface area contributed by atoms with Gasteiger partial charge < -0.3 is 20.1 Å². The molecule has 6 nitrogen and oxygen atoms in total. The van der Waals surface area contributed by atoms with E-state index < -0.39 is 11.7 Å². The lowest BCUT2D eigenvalue weighted by atomic mass is 9.96. The van der Waals surface area contributed by atoms with E-state index in [0.29, 0.717) is 16.9 Å². The molecule has 150 valence electrons. The van der Waals surface area contributed by atoms with Gasteiger partial charge in [-0.3, -0.25) is 4.79 Å². The molecule has 4 rings (SSSR count). The Bertz CT molecular complexity index is 931. The molecular weight excluding hydrogens is 368 g/mol. The van der Waals surface area contributed by atoms with Crippen LogP contribution in [-0.4, -0.2) is 47.2 Å². The third-order valence-electron chi connectivity index (χ3n) is 5.54. The normalized spacial score (nSPS) is 18.3. The van der Waals surface area contributed by atoms with E-state index >= 15 is 0 Å². The van der Waals surface area contributed by atoms with Gasteiger partial charge in [-0.15, -0.1) is 0 Å². The number of nitrogens with one attached hydrogen (secondary N) is 1. The number of carbonyl (C=O) groups excluding carboxylic acids is 1. The first-order valence-corrected chi connectivity index (χ1v) is 9.86. The fourth-order valence-electron chi connectivity index (χ4n) is 3.89. The van der Waals surface area contributed by atoms with Crippen LogP contribution in [0, 0.1) is 0 Å². The summed E-state index contributed by atoms with van der Waals surface area (Å²) in [5.41, 5.74) is 1.76. The van der Waals surface area contributed by atoms with Gasteiger partial charge in [0.15, 0.2) is 5.72 Å². The number of likely N-dealkylation sites (tertiary alicyclic amines) is 1. The Morgan fingerprint density at radius 2 is 1.93 bits per heavy atom. The molecule has 1 amide bonds. The van der Waals surface area contributed by atoms with Crippen molar-refractivity contribution < 1.29 is 19.4 Å². The molecule has 0 aliphatic carbocycles. The summed E-state index contributed by atoms with van der Waals surface area (Å²) in [7, 11) is 0. The fraction of sp³-hybridized carbons (Fsp3) is 0.304. The molecule has 1 saturated heterocycles. The quantitative estimate of drug-likeness (QED) is 0.765. The van der Waals surface area contributed by atoms with Gasteiger partial charge >= 0.3 is 5.97 Å². The van der Waals surface area contributed by atoms with Gasteiger partial charge in [-0.2, -0.15) is 0 Å². The summed E-state index contributed by atoms with van der Waals surface area (Å²) in [5, 5.41) is 11.8. The molecule has 0 radical (unpaired) electrons. The van der Waals surface area contributed by atoms with Crippen LogP contribution < -0.4 is 10.1 Å². The van der Waals surface area contributed by atoms with Crippen molar-refractivity contribution in [3.05, 3.63) is 71.3 Å². The van der Waals surface area contributed by atoms with Crippen LogP contribution in [0.1, 0.15) is 34.3 Å². The molecule has 1 spiro atoms. The number of rotatable bonds is 5. The number of hydrogen-bond donors (Lipinski definition) is 2. The van der Waals surface area contributed by atoms with Gasteiger partial charge in [-0.1, -0.05) is 36.4 Å². The van der Waals surface area contributed by atoms with Gasteiger partial charge in [0.1, 0.15) is 5.75 Å². The van der Waals surface area contributed by atoms with Crippen LogP contribution >= 0.6 is 0 Å². The van der Waals surface area contributed by atoms with Gasteiger partial charge in [0.05, 0.1) is 5.56 Å². The van der Waals surface area contributed by atoms with Crippen LogP contribution in [0.2, 0.25) is 0 Å². The smallest absolute Gasteiger partial charge is 0.328 e. The number of carboxylic acid groups (broad SMARTS) is 1. The zero-order chi connectivity index (χ0) is 20.3. The second kappa shape index (κ2) is 8.09. The van der Waals surface area contributed by atoms with Crippen LogP contribution in [0.4, 0.5) is 0 Å². The van der Waals surface area contributed by atoms with Crippen LogP contribution in [-0.2, 0) is 11.2 Å². The van der Waals surface area contributed by atoms with E-state index in [1.165, 1.54) is 11.6 Å². The Morgan fingerprint density at radius 3 is 2.66 bits per heavy atom. The molecule has 2 N–H and O–H groups in total. The Hall–Kier alpha value is -3.12. The third-order valence-corrected chi connectivity index (χ3v) is 5.54. The lowest BCUT2D eigenvalue weighted by Crippen LogP contribution is -2.61. The fourth-order valence-corrected chi connectivity index (χ4v) is 3.89. The minimum absolute atomic E-state index is 0.172. The highest BCUT2D eigenvalue weighted by Crippen LogP contribution is 2.34. The zero-order valence-electron chi connectivity index (χ0n) is 16.1. The topological polar surface area (TPSA) is 78.9 Å². The summed E-state index contributed by atoms with van der Waals surface area (Å²) in [5.74, 6) is -0.644. The molecule has 2 aliphatic heterocycles. The van der Waals surface area contributed by atoms with Gasteiger partial charge in [0.25, 0.3) is 5.91 Å². The summed E-state index contributed by atoms with van der Waals surface area (Å²) in [4.78, 5) is 25.8. The molecule has 2 aliphatic rings. The summed E-state index contributed by atoms with van der Waals surface area (Å²) >= 11 is 0. The molecule has 6 heteroatoms. The first-order chi connectivity index (χ1) is 14.0. The number of carbonyl (C=O) groups is 2. The van der Waals surface area contributed by atoms with E-state index in [4.69, 9.17) is 9.84 Å². The number of carboxylic acids is 1. The molecule has 0 atom stereocenters. The van der Waals surface area contributed by atoms with E-state index in [2.05, 4.69) is 34.5 Å². The highest BCUT2D eigenvalue weighted by molar-refractivity contribution is 5.99. The van der Waals surface area contributed by atoms with Crippen molar-refractivity contribution in [3.8, 4) is 5.75 Å². The molecule has 0 aromatic heterocycles. The lowest BCUT2D eigenvalue weighted by molar-refractivity contribution is -0.131. The molecular formula is C23H24N2O4. The van der Waals surface area contributed by atoms with Crippen LogP contribution in [0.15, 0.2) is 54.6 Å². The maximum atomic E-state index is 12.7. The third kappa shape index (κ3) is 4.49. The SMILES string of the molecule is O=C(O)C=Cc1ccc2c(c1)C(=O)NC1(CCN(CCc3ccccc3)CC1)O2. The van der Waals surface area contributed by atoms with E-state index in [1.807, 2.05) is 6.07 Å². The monoisotopic (exact) mass is 392 g/mol. The number of piperidine rings is 1. The molecule has 2 aromatic rings. The standard InChI is InChI=1S/C23H24N2O4/c26-21(27)9-7-18-6-8-20-19(16-18)22(28)24-23(29-20)11-14-25(15-12-23)13-10-17-4-2-1-3-5-17/h1-9,16H,10-15H2,(H,24,28)(H,26,27). The highest BCUT2D eigenvalue weighted by atomic mass is 16.5. The van der Waals surface area contributed by atoms with Crippen molar-refractivity contribution >= 4 is 18.0 Å². The average Bonchev–Trinajstić information content (AvgIpc) is 2.73. The number of hydrogen-bond acceptors (Lipinski definition) is 4. The lowest BCUT2D eigenvalue weighted by Gasteiger charge is -2.44. The first kappa shape index (κ1) is 19.2. The second-order valence-electron chi connectivity index (χ2n) is 7.55. The van der Waals surface area contributed by atoms with Gasteiger partial charge in [-0.25, -0.2) is 4.79 Å². The predicted molar refractivity (Wildman–Crippen MR) is 110 cm³/mol. The van der Waals surface area contributed by atoms with E-state index in [0.717, 1.165) is 45.0 Å². The van der Waals surface area contributed by atoms with Crippen molar-refractivity contribution in [1.82, 2.24) is 10.2 Å². The largest absolute Gasteiger partial charge is 0.478 e. The molecule has 29 heavy (non-hydrogen) atoms. The Labute approximate surface area is 169 Å². The van der Waals surface area contributed by atoms with E-state index in [1.54, 1.807) is 18.2 Å². The molecule has 1 fully saturated rings. The number of nitrogens with zero attached hydrogens (tertiary/aromatic N) is 1. The maximum Gasteiger partial charge on any atom is 0.328 e. The van der Waals surface area contributed by atoms with Gasteiger partial charge in [0, 0.05) is 38.6 Å². The van der Waals surface area contributed by atoms with E-state index in [-0.39, 0.29) is 5.91 Å². The number of aliphatic carboxylic acids is 1. The minimum Gasteiger partial charge on any atom is -0.478 e. The Balaban J connectivity index is 1.39. The zero-order valence-corrected chi connectivity index (χ0v) is 16.1. The summed E-state index contributed by atoms with van der Waals surface area (Å²) in [6.45, 7) is 2.72. The minimum atomic E-state index is -1.03. The van der Waals surface area contributed by atoms with Crippen LogP contribution in [0.3, 0.4) is 0 Å². The van der Waals surface area contributed by atoms with Crippen molar-refractivity contribution in [1.29, 1.82) is 0 Å². The number of ether oxygens (including phenoxy) is 1. The van der Waals surface area contributed by atoms with E-state index in [9.17, 15) is 9.59 Å². The van der Waals surface area contributed by atoms with Crippen molar-refractivity contribution in [2.24, 2.45) is 0 Å². The summed E-state index contributed by atoms with van der Waals surface area (Å²) in [6.07, 6.45) is 4.99. The highest BCUT2D eigenvalue weighted by Gasteiger charge is 2.42. The molecule has 2 heterocycles. The summed E-state index contributed by atoms with van der Waals surface area (Å²) < 4.78 is 6.22. The Morgan fingerprint density at radius 1 is 1.17 bits per heavy atom. The molecule has 0 bridgehead atoms. The first-order valence-electron chi connectivity index (χ1n) is 9.86. The van der Waals surface area contributed by atoms with Gasteiger partial charge in [-0.05, 0) is 35.8 Å². The van der Waals surface area contributed by atoms with Crippen molar-refractivity contribution in [2.75, 3.05) is 19.6 Å². The molecule has 0 saturated carbocycles. The Kier molecular flexibility index (Phi) is 5.36. The number of amides is 1. The van der Waals surface area contributed by atoms with Gasteiger partial charge in [0.2, 0.25) is 0 Å². The molecule has 2 aromatic carbocycles. The van der Waals surface area contributed by atoms with Crippen LogP contribution in [0.5, 0.6) is 5.75 Å². The maximum absolute atomic E-state index is 12.7. The number of benzene rings is 2. The number of fused-ring (bicyclic) bond motifs is 1.